The molecule has 0 radical (unpaired) electrons. The molecule has 0 saturated heterocycles. The van der Waals surface area contributed by atoms with Crippen molar-refractivity contribution in [3.05, 3.63) is 34.9 Å². The summed E-state index contributed by atoms with van der Waals surface area (Å²) < 4.78 is 0. The van der Waals surface area contributed by atoms with Crippen molar-refractivity contribution in [3.63, 3.8) is 0 Å². The van der Waals surface area contributed by atoms with E-state index in [0.29, 0.717) is 11.6 Å². The van der Waals surface area contributed by atoms with Crippen molar-refractivity contribution >= 4 is 28.5 Å². The summed E-state index contributed by atoms with van der Waals surface area (Å²) in [5, 5.41) is 4.92. The highest BCUT2D eigenvalue weighted by Crippen LogP contribution is 2.32. The van der Waals surface area contributed by atoms with E-state index in [4.69, 9.17) is 5.73 Å². The van der Waals surface area contributed by atoms with Gasteiger partial charge in [-0.2, -0.15) is 0 Å². The maximum absolute atomic E-state index is 5.90. The van der Waals surface area contributed by atoms with Gasteiger partial charge in [-0.1, -0.05) is 6.07 Å². The van der Waals surface area contributed by atoms with Crippen LogP contribution in [0.2, 0.25) is 0 Å². The highest BCUT2D eigenvalue weighted by atomic mass is 32.1. The minimum Gasteiger partial charge on any atom is -0.383 e. The van der Waals surface area contributed by atoms with E-state index in [1.807, 2.05) is 23.8 Å². The second kappa shape index (κ2) is 4.47. The lowest BCUT2D eigenvalue weighted by Gasteiger charge is -2.00. The van der Waals surface area contributed by atoms with Crippen LogP contribution >= 0.6 is 22.7 Å². The lowest BCUT2D eigenvalue weighted by atomic mass is 10.3. The van der Waals surface area contributed by atoms with Gasteiger partial charge in [-0.25, -0.2) is 15.0 Å². The van der Waals surface area contributed by atoms with Crippen molar-refractivity contribution in [1.82, 2.24) is 15.0 Å². The fraction of sp³-hybridized carbons (Fsp3) is 0.0833. The fourth-order valence-electron chi connectivity index (χ4n) is 1.59. The van der Waals surface area contributed by atoms with Gasteiger partial charge >= 0.3 is 0 Å². The first-order valence-electron chi connectivity index (χ1n) is 5.33. The number of thiazole rings is 1. The second-order valence-electron chi connectivity index (χ2n) is 3.73. The Morgan fingerprint density at radius 2 is 2.11 bits per heavy atom. The van der Waals surface area contributed by atoms with Crippen LogP contribution in [0.1, 0.15) is 5.82 Å². The molecule has 0 aromatic carbocycles. The molecule has 0 saturated carbocycles. The molecular formula is C12H10N4S2. The number of thiophene rings is 1. The van der Waals surface area contributed by atoms with E-state index < -0.39 is 0 Å². The Balaban J connectivity index is 2.03. The monoisotopic (exact) mass is 274 g/mol. The zero-order valence-corrected chi connectivity index (χ0v) is 11.3. The minimum absolute atomic E-state index is 0.481. The van der Waals surface area contributed by atoms with E-state index >= 15 is 0 Å². The Morgan fingerprint density at radius 1 is 1.22 bits per heavy atom. The maximum atomic E-state index is 5.90. The maximum Gasteiger partial charge on any atom is 0.137 e. The summed E-state index contributed by atoms with van der Waals surface area (Å²) in [5.41, 5.74) is 7.68. The summed E-state index contributed by atoms with van der Waals surface area (Å²) >= 11 is 3.23. The molecule has 0 fully saturated rings. The van der Waals surface area contributed by atoms with Crippen LogP contribution in [0.5, 0.6) is 0 Å². The average molecular weight is 274 g/mol. The highest BCUT2D eigenvalue weighted by molar-refractivity contribution is 7.15. The topological polar surface area (TPSA) is 64.7 Å². The molecule has 0 aliphatic heterocycles. The molecule has 4 nitrogen and oxygen atoms in total. The Hall–Kier alpha value is -1.79. The van der Waals surface area contributed by atoms with Crippen LogP contribution in [-0.4, -0.2) is 15.0 Å². The Labute approximate surface area is 112 Å². The summed E-state index contributed by atoms with van der Waals surface area (Å²) in [6.07, 6.45) is 1.73. The summed E-state index contributed by atoms with van der Waals surface area (Å²) in [6, 6.07) is 4.07. The summed E-state index contributed by atoms with van der Waals surface area (Å²) in [5.74, 6) is 1.15. The van der Waals surface area contributed by atoms with Crippen molar-refractivity contribution in [2.75, 3.05) is 5.73 Å². The SMILES string of the molecule is Cc1ncc(-c2nc(-c3cccs3)cs2)c(N)n1. The van der Waals surface area contributed by atoms with Gasteiger partial charge in [0.25, 0.3) is 0 Å². The number of nitrogens with zero attached hydrogens (tertiary/aromatic N) is 3. The van der Waals surface area contributed by atoms with Gasteiger partial charge in [0, 0.05) is 11.6 Å². The van der Waals surface area contributed by atoms with E-state index in [1.165, 1.54) is 0 Å². The van der Waals surface area contributed by atoms with Crippen LogP contribution in [0.25, 0.3) is 21.1 Å². The largest absolute Gasteiger partial charge is 0.383 e. The molecule has 3 aromatic rings. The predicted molar refractivity (Wildman–Crippen MR) is 75.6 cm³/mol. The van der Waals surface area contributed by atoms with Crippen LogP contribution in [0.15, 0.2) is 29.1 Å². The molecule has 6 heteroatoms. The Morgan fingerprint density at radius 3 is 2.83 bits per heavy atom. The number of nitrogen functional groups attached to an aromatic ring is 1. The van der Waals surface area contributed by atoms with E-state index in [0.717, 1.165) is 21.1 Å². The van der Waals surface area contributed by atoms with Crippen molar-refractivity contribution in [2.24, 2.45) is 0 Å². The molecule has 2 N–H and O–H groups in total. The molecule has 3 heterocycles. The van der Waals surface area contributed by atoms with E-state index in [2.05, 4.69) is 21.0 Å². The first-order valence-corrected chi connectivity index (χ1v) is 7.09. The van der Waals surface area contributed by atoms with Gasteiger partial charge in [-0.05, 0) is 18.4 Å². The zero-order chi connectivity index (χ0) is 12.5. The van der Waals surface area contributed by atoms with Crippen LogP contribution < -0.4 is 5.73 Å². The normalized spacial score (nSPS) is 10.7. The molecule has 0 amide bonds. The third kappa shape index (κ3) is 2.00. The first-order chi connectivity index (χ1) is 8.74. The van der Waals surface area contributed by atoms with Crippen LogP contribution in [0, 0.1) is 6.92 Å². The lowest BCUT2D eigenvalue weighted by Crippen LogP contribution is -1.97. The summed E-state index contributed by atoms with van der Waals surface area (Å²) in [4.78, 5) is 14.1. The number of rotatable bonds is 2. The molecule has 0 aliphatic rings. The molecule has 0 atom stereocenters. The number of aromatic nitrogens is 3. The first kappa shape index (κ1) is 11.3. The van der Waals surface area contributed by atoms with E-state index in [1.54, 1.807) is 28.9 Å². The molecular weight excluding hydrogens is 264 g/mol. The third-order valence-corrected chi connectivity index (χ3v) is 4.21. The van der Waals surface area contributed by atoms with Crippen LogP contribution in [0.3, 0.4) is 0 Å². The molecule has 0 unspecified atom stereocenters. The second-order valence-corrected chi connectivity index (χ2v) is 5.54. The lowest BCUT2D eigenvalue weighted by molar-refractivity contribution is 1.06. The van der Waals surface area contributed by atoms with E-state index in [-0.39, 0.29) is 0 Å². The van der Waals surface area contributed by atoms with E-state index in [9.17, 15) is 0 Å². The number of hydrogen-bond donors (Lipinski definition) is 1. The number of aryl methyl sites for hydroxylation is 1. The molecule has 3 aromatic heterocycles. The van der Waals surface area contributed by atoms with Crippen molar-refractivity contribution in [1.29, 1.82) is 0 Å². The smallest absolute Gasteiger partial charge is 0.137 e. The standard InChI is InChI=1S/C12H10N4S2/c1-7-14-5-8(11(13)15-7)12-16-9(6-18-12)10-3-2-4-17-10/h2-6H,1H3,(H2,13,14,15). The summed E-state index contributed by atoms with van der Waals surface area (Å²) in [7, 11) is 0. The molecule has 3 rings (SSSR count). The van der Waals surface area contributed by atoms with Gasteiger partial charge in [0.1, 0.15) is 16.6 Å². The fourth-order valence-corrected chi connectivity index (χ4v) is 3.19. The Bertz CT molecular complexity index is 673. The molecule has 18 heavy (non-hydrogen) atoms. The van der Waals surface area contributed by atoms with Crippen molar-refractivity contribution in [3.8, 4) is 21.1 Å². The molecule has 0 aliphatic carbocycles. The number of hydrogen-bond acceptors (Lipinski definition) is 6. The minimum atomic E-state index is 0.481. The van der Waals surface area contributed by atoms with Gasteiger partial charge in [0.2, 0.25) is 0 Å². The van der Waals surface area contributed by atoms with Gasteiger partial charge in [0.15, 0.2) is 0 Å². The summed E-state index contributed by atoms with van der Waals surface area (Å²) in [6.45, 7) is 1.82. The zero-order valence-electron chi connectivity index (χ0n) is 9.62. The van der Waals surface area contributed by atoms with Crippen LogP contribution in [-0.2, 0) is 0 Å². The van der Waals surface area contributed by atoms with Gasteiger partial charge in [-0.3, -0.25) is 0 Å². The third-order valence-electron chi connectivity index (χ3n) is 2.45. The highest BCUT2D eigenvalue weighted by Gasteiger charge is 2.11. The quantitative estimate of drug-likeness (QED) is 0.779. The average Bonchev–Trinajstić information content (AvgIpc) is 2.99. The van der Waals surface area contributed by atoms with Crippen LogP contribution in [0.4, 0.5) is 5.82 Å². The van der Waals surface area contributed by atoms with Gasteiger partial charge in [-0.15, -0.1) is 22.7 Å². The molecule has 90 valence electrons. The van der Waals surface area contributed by atoms with Gasteiger partial charge in [0.05, 0.1) is 16.1 Å². The molecule has 0 spiro atoms. The number of nitrogens with two attached hydrogens (primary N) is 1. The number of anilines is 1. The van der Waals surface area contributed by atoms with Gasteiger partial charge < -0.3 is 5.73 Å². The molecule has 0 bridgehead atoms. The van der Waals surface area contributed by atoms with Crippen molar-refractivity contribution in [2.45, 2.75) is 6.92 Å². The van der Waals surface area contributed by atoms with Crippen molar-refractivity contribution < 1.29 is 0 Å². The Kier molecular flexibility index (Phi) is 2.81. The predicted octanol–water partition coefficient (Wildman–Crippen LogP) is 3.22.